The van der Waals surface area contributed by atoms with Gasteiger partial charge in [0.1, 0.15) is 0 Å². The predicted molar refractivity (Wildman–Crippen MR) is 119 cm³/mol. The van der Waals surface area contributed by atoms with Gasteiger partial charge in [-0.2, -0.15) is 0 Å². The van der Waals surface area contributed by atoms with E-state index in [1.165, 1.54) is 18.9 Å². The molecule has 0 radical (unpaired) electrons. The molecule has 0 bridgehead atoms. The van der Waals surface area contributed by atoms with E-state index in [0.29, 0.717) is 24.1 Å². The normalized spacial score (nSPS) is 16.2. The molecule has 7 nitrogen and oxygen atoms in total. The fourth-order valence-corrected chi connectivity index (χ4v) is 4.40. The highest BCUT2D eigenvalue weighted by molar-refractivity contribution is 6.08. The van der Waals surface area contributed by atoms with Crippen LogP contribution in [0, 0.1) is 6.92 Å². The van der Waals surface area contributed by atoms with E-state index >= 15 is 0 Å². The number of H-pyrrole nitrogens is 1. The molecule has 2 aromatic carbocycles. The zero-order valence-corrected chi connectivity index (χ0v) is 18.1. The van der Waals surface area contributed by atoms with E-state index in [0.717, 1.165) is 22.2 Å². The Labute approximate surface area is 185 Å². The Hall–Kier alpha value is -3.87. The quantitative estimate of drug-likeness (QED) is 0.578. The number of aliphatic hydroxyl groups is 1. The second kappa shape index (κ2) is 8.34. The number of para-hydroxylation sites is 1. The van der Waals surface area contributed by atoms with Crippen molar-refractivity contribution in [1.29, 1.82) is 0 Å². The predicted octanol–water partition coefficient (Wildman–Crippen LogP) is 3.79. The summed E-state index contributed by atoms with van der Waals surface area (Å²) in [6, 6.07) is 13.7. The minimum absolute atomic E-state index is 0.0662. The Morgan fingerprint density at radius 3 is 2.47 bits per heavy atom. The highest BCUT2D eigenvalue weighted by atomic mass is 16.5. The Morgan fingerprint density at radius 1 is 1.12 bits per heavy atom. The Balaban J connectivity index is 1.68. The van der Waals surface area contributed by atoms with E-state index in [4.69, 9.17) is 4.74 Å². The second-order valence-electron chi connectivity index (χ2n) is 7.86. The number of aromatic amines is 1. The zero-order chi connectivity index (χ0) is 23.0. The molecule has 0 saturated heterocycles. The standard InChI is InChI=1S/C25H24N2O5/c1-14-18(19-6-4-5-7-20(19)26-14)12-13-27-22(21(15(2)28)23(29)24(27)30)16-8-10-17(11-9-16)25(31)32-3/h4-11,22,26,29H,12-13H2,1-3H3/t22-/m0/s1. The van der Waals surface area contributed by atoms with Crippen molar-refractivity contribution in [3.63, 3.8) is 0 Å². The van der Waals surface area contributed by atoms with Crippen LogP contribution < -0.4 is 0 Å². The molecule has 1 atom stereocenters. The van der Waals surface area contributed by atoms with Gasteiger partial charge in [-0.05, 0) is 49.6 Å². The molecule has 0 saturated carbocycles. The molecule has 0 fully saturated rings. The van der Waals surface area contributed by atoms with Crippen molar-refractivity contribution in [2.24, 2.45) is 0 Å². The van der Waals surface area contributed by atoms with Crippen molar-refractivity contribution in [2.75, 3.05) is 13.7 Å². The molecule has 4 rings (SSSR count). The molecule has 3 aromatic rings. The summed E-state index contributed by atoms with van der Waals surface area (Å²) >= 11 is 0. The molecule has 1 aliphatic heterocycles. The largest absolute Gasteiger partial charge is 0.503 e. The van der Waals surface area contributed by atoms with Crippen LogP contribution in [0.25, 0.3) is 10.9 Å². The van der Waals surface area contributed by atoms with Gasteiger partial charge in [0.25, 0.3) is 5.91 Å². The zero-order valence-electron chi connectivity index (χ0n) is 18.1. The number of hydrogen-bond donors (Lipinski definition) is 2. The molecule has 2 N–H and O–H groups in total. The van der Waals surface area contributed by atoms with Crippen LogP contribution in [0.2, 0.25) is 0 Å². The molecule has 7 heteroatoms. The van der Waals surface area contributed by atoms with Crippen LogP contribution in [0.5, 0.6) is 0 Å². The summed E-state index contributed by atoms with van der Waals surface area (Å²) in [6.45, 7) is 3.63. The van der Waals surface area contributed by atoms with E-state index in [9.17, 15) is 19.5 Å². The Kier molecular flexibility index (Phi) is 5.57. The summed E-state index contributed by atoms with van der Waals surface area (Å²) in [7, 11) is 1.30. The molecule has 0 aliphatic carbocycles. The van der Waals surface area contributed by atoms with E-state index in [1.807, 2.05) is 31.2 Å². The lowest BCUT2D eigenvalue weighted by atomic mass is 9.95. The number of aromatic nitrogens is 1. The molecular formula is C25H24N2O5. The van der Waals surface area contributed by atoms with Crippen LogP contribution in [0.4, 0.5) is 0 Å². The van der Waals surface area contributed by atoms with Crippen molar-refractivity contribution >= 4 is 28.6 Å². The number of ether oxygens (including phenoxy) is 1. The first-order valence-corrected chi connectivity index (χ1v) is 10.3. The summed E-state index contributed by atoms with van der Waals surface area (Å²) in [4.78, 5) is 41.9. The highest BCUT2D eigenvalue weighted by Gasteiger charge is 2.42. The van der Waals surface area contributed by atoms with E-state index in [-0.39, 0.29) is 11.4 Å². The number of esters is 1. The maximum Gasteiger partial charge on any atom is 0.337 e. The summed E-state index contributed by atoms with van der Waals surface area (Å²) < 4.78 is 4.73. The van der Waals surface area contributed by atoms with Gasteiger partial charge in [0.05, 0.1) is 24.3 Å². The minimum Gasteiger partial charge on any atom is -0.503 e. The van der Waals surface area contributed by atoms with Crippen LogP contribution in [-0.2, 0) is 20.7 Å². The second-order valence-corrected chi connectivity index (χ2v) is 7.86. The third kappa shape index (κ3) is 3.56. The number of amides is 1. The number of nitrogens with zero attached hydrogens (tertiary/aromatic N) is 1. The number of carbonyl (C=O) groups is 3. The Morgan fingerprint density at radius 2 is 1.81 bits per heavy atom. The summed E-state index contributed by atoms with van der Waals surface area (Å²) in [5.74, 6) is -1.94. The van der Waals surface area contributed by atoms with Crippen LogP contribution >= 0.6 is 0 Å². The number of fused-ring (bicyclic) bond motifs is 1. The number of methoxy groups -OCH3 is 1. The van der Waals surface area contributed by atoms with Crippen LogP contribution in [0.3, 0.4) is 0 Å². The molecule has 0 unspecified atom stereocenters. The number of Topliss-reactive ketones (excluding diaryl/α,β-unsaturated/α-hetero) is 1. The van der Waals surface area contributed by atoms with Crippen LogP contribution in [0.1, 0.15) is 40.1 Å². The van der Waals surface area contributed by atoms with Gasteiger partial charge in [0.2, 0.25) is 0 Å². The third-order valence-corrected chi connectivity index (χ3v) is 5.96. The summed E-state index contributed by atoms with van der Waals surface area (Å²) in [5.41, 5.74) is 4.18. The molecule has 164 valence electrons. The van der Waals surface area contributed by atoms with E-state index in [1.54, 1.807) is 24.3 Å². The van der Waals surface area contributed by atoms with E-state index < -0.39 is 23.7 Å². The number of rotatable bonds is 6. The summed E-state index contributed by atoms with van der Waals surface area (Å²) in [5, 5.41) is 11.6. The molecule has 1 amide bonds. The topological polar surface area (TPSA) is 99.7 Å². The van der Waals surface area contributed by atoms with E-state index in [2.05, 4.69) is 4.98 Å². The number of aryl methyl sites for hydroxylation is 1. The van der Waals surface area contributed by atoms with Gasteiger partial charge in [-0.25, -0.2) is 4.79 Å². The van der Waals surface area contributed by atoms with Crippen LogP contribution in [0.15, 0.2) is 59.9 Å². The fraction of sp³-hybridized carbons (Fsp3) is 0.240. The van der Waals surface area contributed by atoms with Gasteiger partial charge in [-0.3, -0.25) is 9.59 Å². The molecule has 1 aliphatic rings. The van der Waals surface area contributed by atoms with Crippen molar-refractivity contribution in [1.82, 2.24) is 9.88 Å². The maximum atomic E-state index is 12.9. The lowest BCUT2D eigenvalue weighted by Crippen LogP contribution is -2.33. The average molecular weight is 432 g/mol. The lowest BCUT2D eigenvalue weighted by molar-refractivity contribution is -0.129. The SMILES string of the molecule is COC(=O)c1ccc([C@H]2C(C(C)=O)=C(O)C(=O)N2CCc2c(C)[nH]c3ccccc23)cc1. The van der Waals surface area contributed by atoms with Crippen molar-refractivity contribution in [3.05, 3.63) is 82.2 Å². The first kappa shape index (κ1) is 21.4. The maximum absolute atomic E-state index is 12.9. The molecule has 2 heterocycles. The smallest absolute Gasteiger partial charge is 0.337 e. The number of benzene rings is 2. The van der Waals surface area contributed by atoms with Gasteiger partial charge >= 0.3 is 5.97 Å². The van der Waals surface area contributed by atoms with Crippen molar-refractivity contribution in [2.45, 2.75) is 26.3 Å². The van der Waals surface area contributed by atoms with Gasteiger partial charge in [-0.15, -0.1) is 0 Å². The molecule has 32 heavy (non-hydrogen) atoms. The lowest BCUT2D eigenvalue weighted by Gasteiger charge is -2.27. The van der Waals surface area contributed by atoms with Crippen molar-refractivity contribution < 1.29 is 24.2 Å². The fourth-order valence-electron chi connectivity index (χ4n) is 4.40. The monoisotopic (exact) mass is 432 g/mol. The third-order valence-electron chi connectivity index (χ3n) is 5.96. The van der Waals surface area contributed by atoms with Gasteiger partial charge in [-0.1, -0.05) is 30.3 Å². The minimum atomic E-state index is -0.725. The van der Waals surface area contributed by atoms with Gasteiger partial charge < -0.3 is 19.7 Å². The molecule has 1 aromatic heterocycles. The molecular weight excluding hydrogens is 408 g/mol. The number of ketones is 1. The first-order chi connectivity index (χ1) is 15.3. The average Bonchev–Trinajstić information content (AvgIpc) is 3.24. The number of nitrogens with one attached hydrogen (secondary N) is 1. The summed E-state index contributed by atoms with van der Waals surface area (Å²) in [6.07, 6.45) is 0.552. The number of carbonyl (C=O) groups excluding carboxylic acids is 3. The molecule has 0 spiro atoms. The number of hydrogen-bond acceptors (Lipinski definition) is 5. The highest BCUT2D eigenvalue weighted by Crippen LogP contribution is 2.38. The number of aliphatic hydroxyl groups excluding tert-OH is 1. The van der Waals surface area contributed by atoms with Gasteiger partial charge in [0.15, 0.2) is 11.5 Å². The first-order valence-electron chi connectivity index (χ1n) is 10.3. The van der Waals surface area contributed by atoms with Gasteiger partial charge in [0, 0.05) is 23.1 Å². The van der Waals surface area contributed by atoms with Crippen LogP contribution in [-0.4, -0.2) is 46.3 Å². The Bertz CT molecular complexity index is 1250. The van der Waals surface area contributed by atoms with Crippen molar-refractivity contribution in [3.8, 4) is 0 Å².